The Bertz CT molecular complexity index is 151. The molecule has 0 spiro atoms. The van der Waals surface area contributed by atoms with Crippen LogP contribution in [0.5, 0.6) is 0 Å². The van der Waals surface area contributed by atoms with Gasteiger partial charge in [-0.15, -0.1) is 0 Å². The molecule has 0 heterocycles. The Kier molecular flexibility index (Phi) is 12.5. The van der Waals surface area contributed by atoms with Crippen LogP contribution in [-0.4, -0.2) is 13.2 Å². The summed E-state index contributed by atoms with van der Waals surface area (Å²) in [4.78, 5) is 0. The number of hydrogen-bond acceptors (Lipinski definition) is 1. The first-order valence-electron chi connectivity index (χ1n) is 5.99. The van der Waals surface area contributed by atoms with Crippen molar-refractivity contribution in [1.82, 2.24) is 0 Å². The number of unbranched alkanes of at least 4 members (excludes halogenated alkanes) is 3. The first-order chi connectivity index (χ1) is 7.41. The van der Waals surface area contributed by atoms with Crippen LogP contribution in [0.3, 0.4) is 0 Å². The monoisotopic (exact) mass is 208 g/mol. The molecule has 0 saturated carbocycles. The second-order valence-electron chi connectivity index (χ2n) is 3.41. The van der Waals surface area contributed by atoms with Crippen LogP contribution < -0.4 is 0 Å². The molecule has 86 valence electrons. The molecule has 0 fully saturated rings. The Labute approximate surface area is 94.5 Å². The average Bonchev–Trinajstić information content (AvgIpc) is 2.32. The molecular weight excluding hydrogens is 184 g/mol. The van der Waals surface area contributed by atoms with Crippen molar-refractivity contribution in [2.24, 2.45) is 0 Å². The zero-order chi connectivity index (χ0) is 11.2. The third kappa shape index (κ3) is 13.2. The van der Waals surface area contributed by atoms with Crippen LogP contribution in [0.1, 0.15) is 39.5 Å². The molecule has 0 radical (unpaired) electrons. The molecular formula is C14H24O. The molecule has 0 atom stereocenters. The van der Waals surface area contributed by atoms with E-state index >= 15 is 0 Å². The lowest BCUT2D eigenvalue weighted by Gasteiger charge is -1.98. The summed E-state index contributed by atoms with van der Waals surface area (Å²) in [6.07, 6.45) is 5.23. The van der Waals surface area contributed by atoms with Crippen LogP contribution >= 0.6 is 0 Å². The van der Waals surface area contributed by atoms with Crippen molar-refractivity contribution < 1.29 is 4.74 Å². The number of rotatable bonds is 6. The van der Waals surface area contributed by atoms with E-state index in [2.05, 4.69) is 6.92 Å². The molecule has 1 rings (SSSR count). The van der Waals surface area contributed by atoms with E-state index in [1.165, 1.54) is 25.7 Å². The Morgan fingerprint density at radius 2 is 1.27 bits per heavy atom. The van der Waals surface area contributed by atoms with Gasteiger partial charge >= 0.3 is 0 Å². The van der Waals surface area contributed by atoms with Gasteiger partial charge in [-0.25, -0.2) is 0 Å². The largest absolute Gasteiger partial charge is 0.382 e. The second-order valence-corrected chi connectivity index (χ2v) is 3.41. The Morgan fingerprint density at radius 3 is 1.67 bits per heavy atom. The highest BCUT2D eigenvalue weighted by atomic mass is 16.5. The fourth-order valence-electron chi connectivity index (χ4n) is 1.16. The van der Waals surface area contributed by atoms with Crippen LogP contribution in [0.25, 0.3) is 0 Å². The van der Waals surface area contributed by atoms with Crippen LogP contribution in [0.15, 0.2) is 36.4 Å². The summed E-state index contributed by atoms with van der Waals surface area (Å²) in [6.45, 7) is 6.09. The topological polar surface area (TPSA) is 9.23 Å². The molecule has 0 aliphatic carbocycles. The van der Waals surface area contributed by atoms with Gasteiger partial charge in [0.1, 0.15) is 0 Å². The van der Waals surface area contributed by atoms with Gasteiger partial charge in [-0.2, -0.15) is 0 Å². The number of hydrogen-bond donors (Lipinski definition) is 0. The van der Waals surface area contributed by atoms with Gasteiger partial charge in [0.2, 0.25) is 0 Å². The standard InChI is InChI=1S/C8H18O.C6H6/c1-3-5-6-7-8-9-4-2;1-2-4-6-5-3-1/h3-8H2,1-2H3;1-6H. The van der Waals surface area contributed by atoms with E-state index in [0.717, 1.165) is 13.2 Å². The van der Waals surface area contributed by atoms with Crippen molar-refractivity contribution in [3.63, 3.8) is 0 Å². The van der Waals surface area contributed by atoms with Gasteiger partial charge in [0.25, 0.3) is 0 Å². The zero-order valence-electron chi connectivity index (χ0n) is 10.1. The first-order valence-corrected chi connectivity index (χ1v) is 5.99. The molecule has 0 aromatic heterocycles. The SMILES string of the molecule is CCCCCCOCC.c1ccccc1. The molecule has 0 aliphatic rings. The van der Waals surface area contributed by atoms with E-state index in [9.17, 15) is 0 Å². The van der Waals surface area contributed by atoms with Crippen molar-refractivity contribution in [2.45, 2.75) is 39.5 Å². The Hall–Kier alpha value is -0.820. The highest BCUT2D eigenvalue weighted by molar-refractivity contribution is 4.99. The van der Waals surface area contributed by atoms with Crippen molar-refractivity contribution >= 4 is 0 Å². The van der Waals surface area contributed by atoms with Gasteiger partial charge in [-0.05, 0) is 13.3 Å². The summed E-state index contributed by atoms with van der Waals surface area (Å²) in [5, 5.41) is 0. The van der Waals surface area contributed by atoms with Gasteiger partial charge in [0, 0.05) is 13.2 Å². The normalized spacial score (nSPS) is 9.20. The quantitative estimate of drug-likeness (QED) is 0.634. The minimum absolute atomic E-state index is 0.867. The molecule has 0 N–H and O–H groups in total. The fourth-order valence-corrected chi connectivity index (χ4v) is 1.16. The average molecular weight is 208 g/mol. The van der Waals surface area contributed by atoms with Crippen LogP contribution in [0.4, 0.5) is 0 Å². The van der Waals surface area contributed by atoms with E-state index in [-0.39, 0.29) is 0 Å². The predicted octanol–water partition coefficient (Wildman–Crippen LogP) is 4.29. The maximum Gasteiger partial charge on any atom is 0.0465 e. The van der Waals surface area contributed by atoms with Crippen LogP contribution in [0.2, 0.25) is 0 Å². The van der Waals surface area contributed by atoms with Gasteiger partial charge in [-0.1, -0.05) is 62.6 Å². The van der Waals surface area contributed by atoms with Crippen molar-refractivity contribution in [1.29, 1.82) is 0 Å². The number of ether oxygens (including phenoxy) is 1. The maximum atomic E-state index is 5.18. The first kappa shape index (κ1) is 14.2. The third-order valence-corrected chi connectivity index (χ3v) is 2.01. The van der Waals surface area contributed by atoms with Gasteiger partial charge in [0.05, 0.1) is 0 Å². The predicted molar refractivity (Wildman–Crippen MR) is 67.1 cm³/mol. The Morgan fingerprint density at radius 1 is 0.733 bits per heavy atom. The summed E-state index contributed by atoms with van der Waals surface area (Å²) in [5.74, 6) is 0. The minimum Gasteiger partial charge on any atom is -0.382 e. The molecule has 0 aliphatic heterocycles. The van der Waals surface area contributed by atoms with Gasteiger partial charge in [-0.3, -0.25) is 0 Å². The van der Waals surface area contributed by atoms with Gasteiger partial charge in [0.15, 0.2) is 0 Å². The summed E-state index contributed by atoms with van der Waals surface area (Å²) in [5.41, 5.74) is 0. The van der Waals surface area contributed by atoms with Crippen molar-refractivity contribution in [3.8, 4) is 0 Å². The third-order valence-electron chi connectivity index (χ3n) is 2.01. The molecule has 1 nitrogen and oxygen atoms in total. The second kappa shape index (κ2) is 13.2. The lowest BCUT2D eigenvalue weighted by Crippen LogP contribution is -1.92. The molecule has 0 unspecified atom stereocenters. The zero-order valence-corrected chi connectivity index (χ0v) is 10.1. The Balaban J connectivity index is 0.000000280. The lowest BCUT2D eigenvalue weighted by atomic mass is 10.2. The molecule has 1 heteroatoms. The van der Waals surface area contributed by atoms with E-state index in [4.69, 9.17) is 4.74 Å². The molecule has 1 aromatic carbocycles. The van der Waals surface area contributed by atoms with E-state index < -0.39 is 0 Å². The number of benzene rings is 1. The maximum absolute atomic E-state index is 5.18. The van der Waals surface area contributed by atoms with E-state index in [0.29, 0.717) is 0 Å². The lowest BCUT2D eigenvalue weighted by molar-refractivity contribution is 0.143. The summed E-state index contributed by atoms with van der Waals surface area (Å²) >= 11 is 0. The van der Waals surface area contributed by atoms with Crippen molar-refractivity contribution in [3.05, 3.63) is 36.4 Å². The molecule has 15 heavy (non-hydrogen) atoms. The summed E-state index contributed by atoms with van der Waals surface area (Å²) in [6, 6.07) is 12.0. The van der Waals surface area contributed by atoms with Gasteiger partial charge < -0.3 is 4.74 Å². The van der Waals surface area contributed by atoms with E-state index in [1.807, 2.05) is 43.3 Å². The summed E-state index contributed by atoms with van der Waals surface area (Å²) < 4.78 is 5.18. The molecule has 0 amide bonds. The highest BCUT2D eigenvalue weighted by Crippen LogP contribution is 1.98. The molecule has 0 saturated heterocycles. The van der Waals surface area contributed by atoms with Crippen LogP contribution in [-0.2, 0) is 4.74 Å². The summed E-state index contributed by atoms with van der Waals surface area (Å²) in [7, 11) is 0. The highest BCUT2D eigenvalue weighted by Gasteiger charge is 1.85. The fraction of sp³-hybridized carbons (Fsp3) is 0.571. The van der Waals surface area contributed by atoms with Crippen molar-refractivity contribution in [2.75, 3.05) is 13.2 Å². The minimum atomic E-state index is 0.867. The van der Waals surface area contributed by atoms with Crippen LogP contribution in [0, 0.1) is 0 Å². The molecule has 1 aromatic rings. The molecule has 0 bridgehead atoms. The van der Waals surface area contributed by atoms with E-state index in [1.54, 1.807) is 0 Å². The smallest absolute Gasteiger partial charge is 0.0465 e.